The van der Waals surface area contributed by atoms with Gasteiger partial charge in [0.1, 0.15) is 0 Å². The average molecular weight is 541 g/mol. The Morgan fingerprint density at radius 1 is 1.00 bits per heavy atom. The topological polar surface area (TPSA) is 31.5 Å². The molecule has 5 heavy (non-hydrogen) atoms. The fraction of sp³-hybridized carbons (Fsp3) is 0. The molecule has 0 aliphatic carbocycles. The first kappa shape index (κ1) is 37.8. The van der Waals surface area contributed by atoms with Crippen LogP contribution in [0.15, 0.2) is 0 Å². The zero-order valence-electron chi connectivity index (χ0n) is 2.41. The summed E-state index contributed by atoms with van der Waals surface area (Å²) in [5, 5.41) is 0. The molecule has 0 aromatic carbocycles. The van der Waals surface area contributed by atoms with E-state index in [2.05, 4.69) is 0 Å². The third-order valence-electron chi connectivity index (χ3n) is 0. The van der Waals surface area contributed by atoms with Gasteiger partial charge in [-0.05, 0) is 0 Å². The second-order valence-electron chi connectivity index (χ2n) is 0. The zero-order chi connectivity index (χ0) is 0. The van der Waals surface area contributed by atoms with Crippen molar-refractivity contribution in [3.8, 4) is 0 Å². The van der Waals surface area contributed by atoms with Crippen molar-refractivity contribution in [1.29, 1.82) is 0 Å². The summed E-state index contributed by atoms with van der Waals surface area (Å²) >= 11 is 0. The van der Waals surface area contributed by atoms with Crippen LogP contribution in [-0.4, -0.2) is 23.4 Å². The van der Waals surface area contributed by atoms with Gasteiger partial charge in [-0.25, -0.2) is 0 Å². The molecule has 0 aromatic rings. The van der Waals surface area contributed by atoms with E-state index < -0.39 is 0 Å². The van der Waals surface area contributed by atoms with Crippen molar-refractivity contribution in [2.24, 2.45) is 0 Å². The fourth-order valence-electron chi connectivity index (χ4n) is 0. The SMILES string of the molecule is O.[AsH3].[Fe].[Gd].[Th]. The molecule has 0 spiro atoms. The van der Waals surface area contributed by atoms with E-state index in [0.29, 0.717) is 0 Å². The Kier molecular flexibility index (Phi) is 191. The van der Waals surface area contributed by atoms with Gasteiger partial charge >= 0.3 is 18.0 Å². The van der Waals surface area contributed by atoms with Gasteiger partial charge in [0.15, 0.2) is 0 Å². The van der Waals surface area contributed by atoms with Crippen LogP contribution in [0.4, 0.5) is 0 Å². The minimum atomic E-state index is 0. The van der Waals surface area contributed by atoms with Crippen molar-refractivity contribution >= 4 is 18.0 Å². The third-order valence-corrected chi connectivity index (χ3v) is 0. The van der Waals surface area contributed by atoms with Gasteiger partial charge in [-0.15, -0.1) is 0 Å². The van der Waals surface area contributed by atoms with Gasteiger partial charge in [0, 0.05) is 96.9 Å². The average Bonchev–Trinajstić information content (AvgIpc) is 0. The van der Waals surface area contributed by atoms with Crippen LogP contribution < -0.4 is 0 Å². The number of rotatable bonds is 0. The first-order chi connectivity index (χ1) is 0. The Hall–Kier alpha value is 3.69. The summed E-state index contributed by atoms with van der Waals surface area (Å²) in [6.45, 7) is 0. The molecule has 0 saturated heterocycles. The molecule has 0 rings (SSSR count). The van der Waals surface area contributed by atoms with Crippen molar-refractivity contribution in [2.75, 3.05) is 0 Å². The molecule has 2 N–H and O–H groups in total. The molecule has 0 fully saturated rings. The second-order valence-corrected chi connectivity index (χ2v) is 0. The number of hydrogen-bond donors (Lipinski definition) is 0. The Bertz CT molecular complexity index is 11.6. The smallest absolute Gasteiger partial charge is 0 e. The Balaban J connectivity index is 0. The largest absolute Gasteiger partial charge is 0 e. The van der Waals surface area contributed by atoms with Crippen LogP contribution in [0, 0.1) is 79.9 Å². The summed E-state index contributed by atoms with van der Waals surface area (Å²) in [5.41, 5.74) is 0. The van der Waals surface area contributed by atoms with Gasteiger partial charge in [-0.2, -0.15) is 0 Å². The van der Waals surface area contributed by atoms with Gasteiger partial charge in [-0.1, -0.05) is 0 Å². The van der Waals surface area contributed by atoms with Crippen LogP contribution >= 0.6 is 0 Å². The third kappa shape index (κ3) is 18.3. The summed E-state index contributed by atoms with van der Waals surface area (Å²) in [6.07, 6.45) is 0. The molecule has 1 unspecified atom stereocenters. The zero-order valence-corrected chi connectivity index (χ0v) is 12.9. The monoisotopic (exact) mass is 542 g/mol. The van der Waals surface area contributed by atoms with E-state index in [1.165, 1.54) is 0 Å². The van der Waals surface area contributed by atoms with E-state index in [4.69, 9.17) is 0 Å². The molecule has 0 radical (unpaired) electrons. The van der Waals surface area contributed by atoms with Crippen LogP contribution in [0.2, 0.25) is 0 Å². The van der Waals surface area contributed by atoms with E-state index >= 15 is 0 Å². The molecule has 0 aliphatic heterocycles. The molecule has 36 valence electrons. The van der Waals surface area contributed by atoms with E-state index in [1.807, 2.05) is 0 Å². The predicted octanol–water partition coefficient (Wildman–Crippen LogP) is -2.01. The minimum absolute atomic E-state index is 0. The van der Waals surface area contributed by atoms with Gasteiger partial charge in [0.25, 0.3) is 0 Å². The predicted molar refractivity (Wildman–Crippen MR) is 13.6 cm³/mol. The van der Waals surface area contributed by atoms with Crippen LogP contribution in [-0.2, 0) is 17.1 Å². The maximum atomic E-state index is 0. The molecule has 0 heterocycles. The molecule has 1 atom stereocenters. The molecule has 1 nitrogen and oxygen atoms in total. The van der Waals surface area contributed by atoms with Crippen molar-refractivity contribution in [3.05, 3.63) is 0 Å². The molecule has 5 heteroatoms. The Morgan fingerprint density at radius 2 is 1.00 bits per heavy atom. The van der Waals surface area contributed by atoms with E-state index in [-0.39, 0.29) is 120 Å². The van der Waals surface area contributed by atoms with Crippen molar-refractivity contribution < 1.29 is 102 Å². The first-order valence-electron chi connectivity index (χ1n) is 0. The van der Waals surface area contributed by atoms with E-state index in [9.17, 15) is 0 Å². The van der Waals surface area contributed by atoms with Gasteiger partial charge < -0.3 is 5.48 Å². The van der Waals surface area contributed by atoms with Crippen molar-refractivity contribution in [1.82, 2.24) is 0 Å². The molecule has 0 amide bonds. The quantitative estimate of drug-likeness (QED) is 0.318. The molecular weight excluding hydrogens is 536 g/mol. The molecular formula is H5AsFeGdOTh. The summed E-state index contributed by atoms with van der Waals surface area (Å²) in [4.78, 5) is 0. The maximum Gasteiger partial charge on any atom is 0 e. The normalized spacial score (nSPS) is 0. The van der Waals surface area contributed by atoms with Gasteiger partial charge in [-0.3, -0.25) is 0 Å². The van der Waals surface area contributed by atoms with Crippen LogP contribution in [0.1, 0.15) is 0 Å². The van der Waals surface area contributed by atoms with E-state index in [1.54, 1.807) is 0 Å². The summed E-state index contributed by atoms with van der Waals surface area (Å²) in [7, 11) is 0. The Labute approximate surface area is 117 Å². The molecule has 0 aromatic heterocycles. The molecule has 0 saturated carbocycles. The Morgan fingerprint density at radius 3 is 1.00 bits per heavy atom. The number of hydrogen-bond acceptors (Lipinski definition) is 0. The van der Waals surface area contributed by atoms with Crippen molar-refractivity contribution in [3.63, 3.8) is 0 Å². The van der Waals surface area contributed by atoms with Crippen LogP contribution in [0.5, 0.6) is 0 Å². The summed E-state index contributed by atoms with van der Waals surface area (Å²) < 4.78 is 0. The van der Waals surface area contributed by atoms with Gasteiger partial charge in [0.2, 0.25) is 0 Å². The second kappa shape index (κ2) is 25.3. The maximum absolute atomic E-state index is 0. The van der Waals surface area contributed by atoms with Crippen LogP contribution in [0.25, 0.3) is 0 Å². The molecule has 0 aliphatic rings. The minimum Gasteiger partial charge on any atom is 0 e. The fourth-order valence-corrected chi connectivity index (χ4v) is 0. The van der Waals surface area contributed by atoms with Crippen LogP contribution in [0.3, 0.4) is 0 Å². The molecule has 0 bridgehead atoms. The van der Waals surface area contributed by atoms with E-state index in [0.717, 1.165) is 0 Å². The van der Waals surface area contributed by atoms with Crippen molar-refractivity contribution in [2.45, 2.75) is 0 Å². The van der Waals surface area contributed by atoms with Gasteiger partial charge in [0.05, 0.1) is 0 Å². The summed E-state index contributed by atoms with van der Waals surface area (Å²) in [5.74, 6) is 0. The first-order valence-corrected chi connectivity index (χ1v) is 0. The standard InChI is InChI=1S/AsH3.Fe.Gd.H2O.Th/h1H3;;;1H2;. The summed E-state index contributed by atoms with van der Waals surface area (Å²) in [6, 6.07) is 0.